The third-order valence-corrected chi connectivity index (χ3v) is 6.28. The standard InChI is InChI=1S/C19H30N2O3/c1-5-23-17-12-16(19(17)10-6-7-11-19)21(4)18(22)9-8-15-13(2)20-24-14(15)3/h16-17H,5-12H2,1-4H3/t16-,17+/m0/s1. The van der Waals surface area contributed by atoms with Crippen LogP contribution in [-0.2, 0) is 16.0 Å². The molecule has 0 N–H and O–H groups in total. The second-order valence-corrected chi connectivity index (χ2v) is 7.44. The van der Waals surface area contributed by atoms with E-state index in [4.69, 9.17) is 9.26 Å². The minimum Gasteiger partial charge on any atom is -0.378 e. The first-order valence-corrected chi connectivity index (χ1v) is 9.28. The molecule has 5 nitrogen and oxygen atoms in total. The number of ether oxygens (including phenoxy) is 1. The number of hydrogen-bond acceptors (Lipinski definition) is 4. The van der Waals surface area contributed by atoms with Crippen molar-refractivity contribution in [1.82, 2.24) is 10.1 Å². The van der Waals surface area contributed by atoms with Gasteiger partial charge in [0.2, 0.25) is 5.91 Å². The number of carbonyl (C=O) groups is 1. The Balaban J connectivity index is 1.61. The molecular weight excluding hydrogens is 304 g/mol. The van der Waals surface area contributed by atoms with Gasteiger partial charge in [-0.1, -0.05) is 18.0 Å². The third-order valence-electron chi connectivity index (χ3n) is 6.28. The lowest BCUT2D eigenvalue weighted by molar-refractivity contribution is -0.172. The average Bonchev–Trinajstić information content (AvgIpc) is 3.18. The van der Waals surface area contributed by atoms with E-state index in [0.29, 0.717) is 25.0 Å². The smallest absolute Gasteiger partial charge is 0.222 e. The van der Waals surface area contributed by atoms with E-state index < -0.39 is 0 Å². The Labute approximate surface area is 144 Å². The second-order valence-electron chi connectivity index (χ2n) is 7.44. The minimum atomic E-state index is 0.212. The van der Waals surface area contributed by atoms with E-state index in [0.717, 1.165) is 30.0 Å². The minimum absolute atomic E-state index is 0.212. The lowest BCUT2D eigenvalue weighted by Gasteiger charge is -2.57. The molecule has 24 heavy (non-hydrogen) atoms. The van der Waals surface area contributed by atoms with Gasteiger partial charge in [-0.15, -0.1) is 0 Å². The maximum atomic E-state index is 12.7. The number of aromatic nitrogens is 1. The summed E-state index contributed by atoms with van der Waals surface area (Å²) in [7, 11) is 1.97. The quantitative estimate of drug-likeness (QED) is 0.800. The topological polar surface area (TPSA) is 55.6 Å². The summed E-state index contributed by atoms with van der Waals surface area (Å²) in [5.74, 6) is 1.05. The lowest BCUT2D eigenvalue weighted by atomic mass is 9.60. The average molecular weight is 334 g/mol. The number of carbonyl (C=O) groups excluding carboxylic acids is 1. The number of rotatable bonds is 6. The molecule has 5 heteroatoms. The Bertz CT molecular complexity index is 570. The molecule has 1 heterocycles. The number of amides is 1. The van der Waals surface area contributed by atoms with Gasteiger partial charge >= 0.3 is 0 Å². The highest BCUT2D eigenvalue weighted by atomic mass is 16.5. The Hall–Kier alpha value is -1.36. The van der Waals surface area contributed by atoms with Crippen molar-refractivity contribution in [2.24, 2.45) is 5.41 Å². The van der Waals surface area contributed by atoms with E-state index in [1.54, 1.807) is 0 Å². The molecule has 2 aliphatic carbocycles. The highest BCUT2D eigenvalue weighted by Crippen LogP contribution is 2.56. The fourth-order valence-electron chi connectivity index (χ4n) is 4.83. The van der Waals surface area contributed by atoms with Crippen molar-refractivity contribution in [1.29, 1.82) is 0 Å². The van der Waals surface area contributed by atoms with E-state index in [1.807, 2.05) is 25.8 Å². The van der Waals surface area contributed by atoms with E-state index in [9.17, 15) is 4.79 Å². The van der Waals surface area contributed by atoms with Crippen LogP contribution < -0.4 is 0 Å². The van der Waals surface area contributed by atoms with Gasteiger partial charge in [0.1, 0.15) is 5.76 Å². The molecule has 1 spiro atoms. The molecule has 0 aromatic carbocycles. The van der Waals surface area contributed by atoms with Crippen LogP contribution in [0.1, 0.15) is 62.5 Å². The zero-order valence-electron chi connectivity index (χ0n) is 15.4. The second kappa shape index (κ2) is 6.87. The summed E-state index contributed by atoms with van der Waals surface area (Å²) in [5.41, 5.74) is 2.19. The van der Waals surface area contributed by atoms with Crippen molar-refractivity contribution >= 4 is 5.91 Å². The molecule has 0 saturated heterocycles. The molecule has 134 valence electrons. The SMILES string of the molecule is CCO[C@@H]1C[C@H](N(C)C(=O)CCc2c(C)noc2C)C12CCCC2. The molecule has 1 aromatic rings. The van der Waals surface area contributed by atoms with Gasteiger partial charge in [-0.25, -0.2) is 0 Å². The van der Waals surface area contributed by atoms with Gasteiger partial charge in [0.05, 0.1) is 11.8 Å². The molecule has 2 fully saturated rings. The Morgan fingerprint density at radius 3 is 2.67 bits per heavy atom. The predicted octanol–water partition coefficient (Wildman–Crippen LogP) is 3.42. The lowest BCUT2D eigenvalue weighted by Crippen LogP contribution is -2.64. The molecule has 1 aromatic heterocycles. The zero-order chi connectivity index (χ0) is 17.3. The molecule has 0 bridgehead atoms. The van der Waals surface area contributed by atoms with Crippen LogP contribution in [0.5, 0.6) is 0 Å². The first-order valence-electron chi connectivity index (χ1n) is 9.28. The summed E-state index contributed by atoms with van der Waals surface area (Å²) in [6.07, 6.45) is 7.48. The van der Waals surface area contributed by atoms with Crippen molar-refractivity contribution in [3.05, 3.63) is 17.0 Å². The molecule has 0 radical (unpaired) electrons. The fraction of sp³-hybridized carbons (Fsp3) is 0.789. The van der Waals surface area contributed by atoms with E-state index >= 15 is 0 Å². The summed E-state index contributed by atoms with van der Waals surface area (Å²) < 4.78 is 11.2. The summed E-state index contributed by atoms with van der Waals surface area (Å²) in [5, 5.41) is 3.97. The number of nitrogens with zero attached hydrogens (tertiary/aromatic N) is 2. The summed E-state index contributed by atoms with van der Waals surface area (Å²) >= 11 is 0. The molecule has 1 amide bonds. The van der Waals surface area contributed by atoms with Gasteiger partial charge in [-0.3, -0.25) is 4.79 Å². The fourth-order valence-corrected chi connectivity index (χ4v) is 4.83. The highest BCUT2D eigenvalue weighted by molar-refractivity contribution is 5.77. The van der Waals surface area contributed by atoms with Crippen LogP contribution in [-0.4, -0.2) is 41.8 Å². The van der Waals surface area contributed by atoms with Crippen molar-refractivity contribution in [2.75, 3.05) is 13.7 Å². The first-order chi connectivity index (χ1) is 11.5. The van der Waals surface area contributed by atoms with E-state index in [1.165, 1.54) is 25.7 Å². The summed E-state index contributed by atoms with van der Waals surface area (Å²) in [4.78, 5) is 14.7. The zero-order valence-corrected chi connectivity index (χ0v) is 15.4. The molecule has 0 unspecified atom stereocenters. The molecule has 3 rings (SSSR count). The van der Waals surface area contributed by atoms with Crippen molar-refractivity contribution in [2.45, 2.75) is 77.9 Å². The third kappa shape index (κ3) is 2.87. The van der Waals surface area contributed by atoms with Gasteiger partial charge in [0, 0.05) is 37.1 Å². The Kier molecular flexibility index (Phi) is 5.00. The molecule has 2 aliphatic rings. The van der Waals surface area contributed by atoms with E-state index in [-0.39, 0.29) is 11.3 Å². The van der Waals surface area contributed by atoms with Crippen LogP contribution in [0.4, 0.5) is 0 Å². The van der Waals surface area contributed by atoms with Crippen molar-refractivity contribution in [3.63, 3.8) is 0 Å². The number of hydrogen-bond donors (Lipinski definition) is 0. The van der Waals surface area contributed by atoms with Crippen LogP contribution in [0.15, 0.2) is 4.52 Å². The van der Waals surface area contributed by atoms with Gasteiger partial charge in [0.25, 0.3) is 0 Å². The van der Waals surface area contributed by atoms with Crippen LogP contribution in [0, 0.1) is 19.3 Å². The predicted molar refractivity (Wildman–Crippen MR) is 91.8 cm³/mol. The molecule has 0 aliphatic heterocycles. The van der Waals surface area contributed by atoms with Gasteiger partial charge in [0.15, 0.2) is 0 Å². The van der Waals surface area contributed by atoms with Crippen LogP contribution in [0.2, 0.25) is 0 Å². The van der Waals surface area contributed by atoms with E-state index in [2.05, 4.69) is 12.1 Å². The summed E-state index contributed by atoms with van der Waals surface area (Å²) in [6, 6.07) is 0.341. The van der Waals surface area contributed by atoms with Crippen molar-refractivity contribution in [3.8, 4) is 0 Å². The monoisotopic (exact) mass is 334 g/mol. The number of aryl methyl sites for hydroxylation is 2. The van der Waals surface area contributed by atoms with Crippen molar-refractivity contribution < 1.29 is 14.1 Å². The summed E-state index contributed by atoms with van der Waals surface area (Å²) in [6.45, 7) is 6.68. The highest BCUT2D eigenvalue weighted by Gasteiger charge is 2.58. The maximum absolute atomic E-state index is 12.7. The van der Waals surface area contributed by atoms with Crippen LogP contribution >= 0.6 is 0 Å². The van der Waals surface area contributed by atoms with Gasteiger partial charge in [-0.05, 0) is 46.5 Å². The Morgan fingerprint density at radius 1 is 1.38 bits per heavy atom. The first kappa shape index (κ1) is 17.5. The largest absolute Gasteiger partial charge is 0.378 e. The maximum Gasteiger partial charge on any atom is 0.222 e. The normalized spacial score (nSPS) is 25.0. The van der Waals surface area contributed by atoms with Crippen LogP contribution in [0.3, 0.4) is 0 Å². The van der Waals surface area contributed by atoms with Crippen LogP contribution in [0.25, 0.3) is 0 Å². The molecule has 2 saturated carbocycles. The van der Waals surface area contributed by atoms with Gasteiger partial charge in [-0.2, -0.15) is 0 Å². The van der Waals surface area contributed by atoms with Gasteiger partial charge < -0.3 is 14.2 Å². The Morgan fingerprint density at radius 2 is 2.08 bits per heavy atom. The molecular formula is C19H30N2O3. The molecule has 2 atom stereocenters.